The summed E-state index contributed by atoms with van der Waals surface area (Å²) in [6, 6.07) is 26.2. The lowest BCUT2D eigenvalue weighted by molar-refractivity contribution is 0.111. The number of hydrogen-bond donors (Lipinski definition) is 0. The average molecular weight is 617 g/mol. The van der Waals surface area contributed by atoms with Crippen LogP contribution in [0.15, 0.2) is 125 Å². The lowest BCUT2D eigenvalue weighted by atomic mass is 10.4. The minimum atomic E-state index is -3.82. The Morgan fingerprint density at radius 3 is 1.77 bits per heavy atom. The third-order valence-corrected chi connectivity index (χ3v) is 9.97. The van der Waals surface area contributed by atoms with Crippen molar-refractivity contribution in [1.82, 2.24) is 17.9 Å². The van der Waals surface area contributed by atoms with Gasteiger partial charge in [-0.15, -0.1) is 0 Å². The Morgan fingerprint density at radius 1 is 0.651 bits per heavy atom. The fourth-order valence-electron chi connectivity index (χ4n) is 4.45. The van der Waals surface area contributed by atoms with Crippen LogP contribution in [0, 0.1) is 0 Å². The van der Waals surface area contributed by atoms with E-state index in [0.717, 1.165) is 17.2 Å². The molecule has 0 spiro atoms. The molecular formula is C31H28N4O6S2. The van der Waals surface area contributed by atoms with Crippen LogP contribution in [0.4, 0.5) is 0 Å². The molecule has 6 aromatic rings. The Morgan fingerprint density at radius 2 is 1.21 bits per heavy atom. The quantitative estimate of drug-likeness (QED) is 0.243. The topological polar surface area (TPSA) is 130 Å². The molecule has 0 saturated carbocycles. The summed E-state index contributed by atoms with van der Waals surface area (Å²) in [5.74, 6) is 0. The zero-order valence-corrected chi connectivity index (χ0v) is 24.6. The molecule has 12 heteroatoms. The number of carbonyl (C=O) groups excluding carboxylic acids is 1. The molecule has 0 radical (unpaired) electrons. The van der Waals surface area contributed by atoms with E-state index < -0.39 is 20.0 Å². The van der Waals surface area contributed by atoms with Crippen molar-refractivity contribution in [3.8, 4) is 0 Å². The Labute approximate surface area is 249 Å². The summed E-state index contributed by atoms with van der Waals surface area (Å²) in [4.78, 5) is 19.8. The fraction of sp³-hybridized carbons (Fsp3) is 0.129. The van der Waals surface area contributed by atoms with E-state index in [0.29, 0.717) is 28.4 Å². The van der Waals surface area contributed by atoms with Gasteiger partial charge in [0.1, 0.15) is 0 Å². The average Bonchev–Trinajstić information content (AvgIpc) is 3.83. The zero-order valence-electron chi connectivity index (χ0n) is 22.9. The molecule has 7 rings (SSSR count). The third kappa shape index (κ3) is 6.41. The molecule has 220 valence electrons. The first kappa shape index (κ1) is 29.8. The van der Waals surface area contributed by atoms with Gasteiger partial charge in [0.25, 0.3) is 20.0 Å². The number of hydrogen-bond acceptors (Lipinski definition) is 8. The van der Waals surface area contributed by atoms with Crippen molar-refractivity contribution in [2.24, 2.45) is 0 Å². The van der Waals surface area contributed by atoms with Crippen molar-refractivity contribution in [1.29, 1.82) is 0 Å². The lowest BCUT2D eigenvalue weighted by Gasteiger charge is -2.08. The van der Waals surface area contributed by atoms with Crippen LogP contribution in [0.1, 0.15) is 23.3 Å². The van der Waals surface area contributed by atoms with Crippen LogP contribution in [-0.2, 0) is 24.8 Å². The second kappa shape index (κ2) is 13.1. The first-order valence-electron chi connectivity index (χ1n) is 13.4. The number of rotatable bonds is 5. The first-order valence-corrected chi connectivity index (χ1v) is 16.2. The molecule has 43 heavy (non-hydrogen) atoms. The second-order valence-corrected chi connectivity index (χ2v) is 12.9. The molecule has 1 saturated heterocycles. The van der Waals surface area contributed by atoms with Crippen molar-refractivity contribution in [2.75, 3.05) is 13.2 Å². The Hall–Kier alpha value is -4.65. The monoisotopic (exact) mass is 616 g/mol. The second-order valence-electron chi connectivity index (χ2n) is 9.33. The molecule has 0 unspecified atom stereocenters. The van der Waals surface area contributed by atoms with Crippen LogP contribution in [0.2, 0.25) is 0 Å². The maximum absolute atomic E-state index is 12.7. The van der Waals surface area contributed by atoms with E-state index in [1.165, 1.54) is 41.2 Å². The van der Waals surface area contributed by atoms with Crippen LogP contribution >= 0.6 is 0 Å². The van der Waals surface area contributed by atoms with Crippen molar-refractivity contribution in [3.63, 3.8) is 0 Å². The highest BCUT2D eigenvalue weighted by atomic mass is 32.2. The minimum absolute atomic E-state index is 0.0579. The van der Waals surface area contributed by atoms with Gasteiger partial charge in [0.15, 0.2) is 6.29 Å². The van der Waals surface area contributed by atoms with Gasteiger partial charge in [0.05, 0.1) is 37.6 Å². The summed E-state index contributed by atoms with van der Waals surface area (Å²) in [5, 5.41) is 0. The highest BCUT2D eigenvalue weighted by Crippen LogP contribution is 2.24. The smallest absolute Gasteiger partial charge is 0.268 e. The number of benzene rings is 2. The number of ether oxygens (including phenoxy) is 1. The van der Waals surface area contributed by atoms with Crippen molar-refractivity contribution in [2.45, 2.75) is 22.6 Å². The van der Waals surface area contributed by atoms with Crippen LogP contribution in [0.25, 0.3) is 22.1 Å². The van der Waals surface area contributed by atoms with Crippen molar-refractivity contribution >= 4 is 48.4 Å². The molecule has 0 bridgehead atoms. The van der Waals surface area contributed by atoms with E-state index in [-0.39, 0.29) is 15.5 Å². The third-order valence-electron chi connectivity index (χ3n) is 6.51. The highest BCUT2D eigenvalue weighted by Gasteiger charge is 2.23. The maximum atomic E-state index is 12.7. The van der Waals surface area contributed by atoms with Gasteiger partial charge in [-0.05, 0) is 73.5 Å². The first-order chi connectivity index (χ1) is 20.8. The highest BCUT2D eigenvalue weighted by molar-refractivity contribution is 7.90. The molecule has 0 amide bonds. The molecule has 10 nitrogen and oxygen atoms in total. The van der Waals surface area contributed by atoms with Crippen LogP contribution in [-0.4, -0.2) is 54.2 Å². The van der Waals surface area contributed by atoms with Crippen LogP contribution in [0.5, 0.6) is 0 Å². The molecule has 1 fully saturated rings. The van der Waals surface area contributed by atoms with Gasteiger partial charge in [-0.3, -0.25) is 14.8 Å². The van der Waals surface area contributed by atoms with Gasteiger partial charge in [0.2, 0.25) is 0 Å². The predicted octanol–water partition coefficient (Wildman–Crippen LogP) is 5.16. The molecule has 2 aromatic carbocycles. The van der Waals surface area contributed by atoms with Gasteiger partial charge >= 0.3 is 0 Å². The largest absolute Gasteiger partial charge is 0.381 e. The van der Waals surface area contributed by atoms with E-state index in [1.807, 2.05) is 0 Å². The minimum Gasteiger partial charge on any atom is -0.381 e. The van der Waals surface area contributed by atoms with Crippen molar-refractivity contribution in [3.05, 3.63) is 121 Å². The number of carbonyl (C=O) groups is 1. The van der Waals surface area contributed by atoms with E-state index in [9.17, 15) is 21.6 Å². The standard InChI is InChI=1S/C14H10N2O3S.C13H10N2O2S.C4H8O/c17-10-11-9-13-14(7-4-8-15-13)16(11)20(18,19)12-5-2-1-3-6-12;16-18(17,11-5-2-1-3-6-11)15-10-8-12-13(15)7-4-9-14-12;1-2-4-5-3-1/h1-10H;1-10H;1-4H2. The van der Waals surface area contributed by atoms with Gasteiger partial charge in [-0.25, -0.2) is 24.8 Å². The Kier molecular flexibility index (Phi) is 9.10. The maximum Gasteiger partial charge on any atom is 0.268 e. The van der Waals surface area contributed by atoms with Crippen LogP contribution < -0.4 is 0 Å². The summed E-state index contributed by atoms with van der Waals surface area (Å²) >= 11 is 0. The summed E-state index contributed by atoms with van der Waals surface area (Å²) in [6.45, 7) is 2.00. The zero-order chi connectivity index (χ0) is 30.3. The Bertz CT molecular complexity index is 2050. The van der Waals surface area contributed by atoms with Gasteiger partial charge in [0, 0.05) is 31.8 Å². The number of aromatic nitrogens is 4. The summed E-state index contributed by atoms with van der Waals surface area (Å²) in [5.41, 5.74) is 2.16. The van der Waals surface area contributed by atoms with Gasteiger partial charge < -0.3 is 4.74 Å². The fourth-order valence-corrected chi connectivity index (χ4v) is 7.31. The van der Waals surface area contributed by atoms with E-state index >= 15 is 0 Å². The van der Waals surface area contributed by atoms with Gasteiger partial charge in [-0.2, -0.15) is 0 Å². The summed E-state index contributed by atoms with van der Waals surface area (Å²) in [6.07, 6.45) is 7.79. The molecule has 0 aliphatic carbocycles. The van der Waals surface area contributed by atoms with E-state index in [2.05, 4.69) is 9.97 Å². The van der Waals surface area contributed by atoms with Crippen molar-refractivity contribution < 1.29 is 26.4 Å². The molecule has 1 aliphatic heterocycles. The normalized spacial score (nSPS) is 13.1. The molecule has 1 aliphatic rings. The molecular weight excluding hydrogens is 588 g/mol. The number of pyridine rings is 2. The summed E-state index contributed by atoms with van der Waals surface area (Å²) < 4.78 is 57.4. The SMILES string of the molecule is C1CCOC1.O=Cc1cc2ncccc2n1S(=O)(=O)c1ccccc1.O=S(=O)(c1ccccc1)n1ccc2ncccc21. The predicted molar refractivity (Wildman–Crippen MR) is 163 cm³/mol. The molecule has 0 N–H and O–H groups in total. The number of aldehydes is 1. The van der Waals surface area contributed by atoms with E-state index in [4.69, 9.17) is 4.74 Å². The summed E-state index contributed by atoms with van der Waals surface area (Å²) in [7, 11) is -7.37. The number of fused-ring (bicyclic) bond motifs is 2. The van der Waals surface area contributed by atoms with E-state index in [1.54, 1.807) is 91.3 Å². The molecule has 0 atom stereocenters. The molecule has 4 aromatic heterocycles. The van der Waals surface area contributed by atoms with Crippen LogP contribution in [0.3, 0.4) is 0 Å². The Balaban J connectivity index is 0.000000148. The number of nitrogens with zero attached hydrogens (tertiary/aromatic N) is 4. The molecule has 5 heterocycles. The van der Waals surface area contributed by atoms with Gasteiger partial charge in [-0.1, -0.05) is 36.4 Å². The lowest BCUT2D eigenvalue weighted by Crippen LogP contribution is -2.15.